The van der Waals surface area contributed by atoms with Gasteiger partial charge in [0.2, 0.25) is 0 Å². The Bertz CT molecular complexity index is 321. The molecule has 1 rings (SSSR count). The van der Waals surface area contributed by atoms with Gasteiger partial charge in [0.1, 0.15) is 5.76 Å². The summed E-state index contributed by atoms with van der Waals surface area (Å²) < 4.78 is 5.20. The van der Waals surface area contributed by atoms with E-state index in [1.165, 1.54) is 0 Å². The molecule has 1 unspecified atom stereocenters. The van der Waals surface area contributed by atoms with E-state index in [1.807, 2.05) is 13.0 Å². The Morgan fingerprint density at radius 1 is 1.50 bits per heavy atom. The molecule has 0 spiro atoms. The zero-order chi connectivity index (χ0) is 12.2. The summed E-state index contributed by atoms with van der Waals surface area (Å²) in [6.45, 7) is 7.17. The molecule has 1 atom stereocenters. The van der Waals surface area contributed by atoms with Crippen molar-refractivity contribution < 1.29 is 9.52 Å². The highest BCUT2D eigenvalue weighted by Crippen LogP contribution is 2.16. The number of hydrogen-bond donors (Lipinski definition) is 2. The van der Waals surface area contributed by atoms with Crippen LogP contribution < -0.4 is 5.32 Å². The summed E-state index contributed by atoms with van der Waals surface area (Å²) >= 11 is 5.65. The van der Waals surface area contributed by atoms with Gasteiger partial charge in [0, 0.05) is 6.54 Å². The van der Waals surface area contributed by atoms with Crippen LogP contribution in [-0.2, 0) is 6.54 Å². The van der Waals surface area contributed by atoms with E-state index in [9.17, 15) is 5.11 Å². The Morgan fingerprint density at radius 2 is 2.19 bits per heavy atom. The van der Waals surface area contributed by atoms with Crippen LogP contribution in [0.3, 0.4) is 0 Å². The van der Waals surface area contributed by atoms with Crippen LogP contribution in [0.4, 0.5) is 0 Å². The third-order valence-corrected chi connectivity index (χ3v) is 2.49. The fourth-order valence-corrected chi connectivity index (χ4v) is 2.02. The fourth-order valence-electron chi connectivity index (χ4n) is 1.85. The first-order valence-corrected chi connectivity index (χ1v) is 5.94. The highest BCUT2D eigenvalue weighted by Gasteiger charge is 2.21. The van der Waals surface area contributed by atoms with Gasteiger partial charge >= 0.3 is 0 Å². The van der Waals surface area contributed by atoms with Crippen LogP contribution in [0.2, 0.25) is 5.22 Å². The molecule has 1 heterocycles. The minimum Gasteiger partial charge on any atom is -0.448 e. The summed E-state index contributed by atoms with van der Waals surface area (Å²) in [5.41, 5.74) is -0.676. The Labute approximate surface area is 102 Å². The van der Waals surface area contributed by atoms with E-state index in [2.05, 4.69) is 19.2 Å². The predicted octanol–water partition coefficient (Wildman–Crippen LogP) is 2.82. The molecule has 92 valence electrons. The quantitative estimate of drug-likeness (QED) is 0.810. The van der Waals surface area contributed by atoms with Crippen molar-refractivity contribution in [2.75, 3.05) is 6.54 Å². The third kappa shape index (κ3) is 5.01. The topological polar surface area (TPSA) is 45.4 Å². The number of nitrogens with one attached hydrogen (secondary N) is 1. The smallest absolute Gasteiger partial charge is 0.193 e. The molecule has 0 amide bonds. The van der Waals surface area contributed by atoms with Crippen molar-refractivity contribution in [3.05, 3.63) is 23.1 Å². The van der Waals surface area contributed by atoms with Crippen molar-refractivity contribution in [1.29, 1.82) is 0 Å². The largest absolute Gasteiger partial charge is 0.448 e. The zero-order valence-corrected chi connectivity index (χ0v) is 10.8. The van der Waals surface area contributed by atoms with Gasteiger partial charge < -0.3 is 14.8 Å². The Hall–Kier alpha value is -0.510. The lowest BCUT2D eigenvalue weighted by molar-refractivity contribution is 0.0380. The summed E-state index contributed by atoms with van der Waals surface area (Å²) in [5, 5.41) is 13.6. The lowest BCUT2D eigenvalue weighted by Crippen LogP contribution is -2.38. The molecule has 0 radical (unpaired) electrons. The number of aliphatic hydroxyl groups is 1. The van der Waals surface area contributed by atoms with E-state index in [1.54, 1.807) is 6.07 Å². The van der Waals surface area contributed by atoms with E-state index in [4.69, 9.17) is 16.0 Å². The molecular formula is C12H20ClNO2. The maximum absolute atomic E-state index is 10.0. The lowest BCUT2D eigenvalue weighted by Gasteiger charge is -2.25. The molecule has 1 aromatic heterocycles. The Kier molecular flexibility index (Phi) is 4.84. The highest BCUT2D eigenvalue weighted by atomic mass is 35.5. The molecule has 4 heteroatoms. The Morgan fingerprint density at radius 3 is 2.69 bits per heavy atom. The van der Waals surface area contributed by atoms with Crippen molar-refractivity contribution in [2.24, 2.45) is 5.92 Å². The molecule has 1 aromatic rings. The summed E-state index contributed by atoms with van der Waals surface area (Å²) in [4.78, 5) is 0. The van der Waals surface area contributed by atoms with Gasteiger partial charge in [-0.1, -0.05) is 13.8 Å². The van der Waals surface area contributed by atoms with Gasteiger partial charge in [-0.3, -0.25) is 0 Å². The maximum atomic E-state index is 10.0. The average Bonchev–Trinajstić information content (AvgIpc) is 2.48. The van der Waals surface area contributed by atoms with E-state index in [0.29, 0.717) is 24.2 Å². The van der Waals surface area contributed by atoms with Crippen LogP contribution in [0.1, 0.15) is 33.0 Å². The first-order chi connectivity index (χ1) is 7.39. The number of rotatable bonds is 6. The molecule has 2 N–H and O–H groups in total. The average molecular weight is 246 g/mol. The first-order valence-electron chi connectivity index (χ1n) is 5.56. The molecule has 3 nitrogen and oxygen atoms in total. The van der Waals surface area contributed by atoms with Gasteiger partial charge in [-0.15, -0.1) is 0 Å². The normalized spacial score (nSPS) is 15.4. The summed E-state index contributed by atoms with van der Waals surface area (Å²) in [7, 11) is 0. The molecule has 0 aliphatic heterocycles. The van der Waals surface area contributed by atoms with Gasteiger partial charge in [-0.25, -0.2) is 0 Å². The third-order valence-electron chi connectivity index (χ3n) is 2.28. The molecule has 0 aliphatic rings. The van der Waals surface area contributed by atoms with Gasteiger partial charge in [0.25, 0.3) is 0 Å². The van der Waals surface area contributed by atoms with Crippen molar-refractivity contribution in [1.82, 2.24) is 5.32 Å². The fraction of sp³-hybridized carbons (Fsp3) is 0.667. The monoisotopic (exact) mass is 245 g/mol. The van der Waals surface area contributed by atoms with E-state index in [-0.39, 0.29) is 0 Å². The van der Waals surface area contributed by atoms with Crippen LogP contribution in [0.25, 0.3) is 0 Å². The van der Waals surface area contributed by atoms with Crippen molar-refractivity contribution >= 4 is 11.6 Å². The van der Waals surface area contributed by atoms with Gasteiger partial charge in [0.05, 0.1) is 12.1 Å². The standard InChI is InChI=1S/C12H20ClNO2/c1-9(2)6-12(3,15)8-14-7-10-4-5-11(13)16-10/h4-5,9,14-15H,6-8H2,1-3H3. The number of halogens is 1. The van der Waals surface area contributed by atoms with Gasteiger partial charge in [0.15, 0.2) is 5.22 Å². The molecule has 0 fully saturated rings. The SMILES string of the molecule is CC(C)CC(C)(O)CNCc1ccc(Cl)o1. The summed E-state index contributed by atoms with van der Waals surface area (Å²) in [5.74, 6) is 1.26. The van der Waals surface area contributed by atoms with Crippen molar-refractivity contribution in [3.8, 4) is 0 Å². The maximum Gasteiger partial charge on any atom is 0.193 e. The minimum absolute atomic E-state index is 0.394. The molecular weight excluding hydrogens is 226 g/mol. The first kappa shape index (κ1) is 13.6. The molecule has 0 aromatic carbocycles. The number of hydrogen-bond acceptors (Lipinski definition) is 3. The highest BCUT2D eigenvalue weighted by molar-refractivity contribution is 6.28. The van der Waals surface area contributed by atoms with E-state index >= 15 is 0 Å². The Balaban J connectivity index is 2.29. The second kappa shape index (κ2) is 5.71. The molecule has 0 bridgehead atoms. The van der Waals surface area contributed by atoms with Gasteiger partial charge in [-0.2, -0.15) is 0 Å². The molecule has 0 saturated carbocycles. The lowest BCUT2D eigenvalue weighted by atomic mass is 9.94. The van der Waals surface area contributed by atoms with E-state index in [0.717, 1.165) is 12.2 Å². The molecule has 0 saturated heterocycles. The van der Waals surface area contributed by atoms with Crippen LogP contribution in [-0.4, -0.2) is 17.3 Å². The summed E-state index contributed by atoms with van der Waals surface area (Å²) in [6, 6.07) is 3.54. The predicted molar refractivity (Wildman–Crippen MR) is 65.5 cm³/mol. The van der Waals surface area contributed by atoms with Gasteiger partial charge in [-0.05, 0) is 43.0 Å². The summed E-state index contributed by atoms with van der Waals surface area (Å²) in [6.07, 6.45) is 0.777. The minimum atomic E-state index is -0.676. The van der Waals surface area contributed by atoms with Crippen LogP contribution in [0.5, 0.6) is 0 Å². The number of furan rings is 1. The van der Waals surface area contributed by atoms with Crippen LogP contribution in [0.15, 0.2) is 16.5 Å². The van der Waals surface area contributed by atoms with Crippen molar-refractivity contribution in [2.45, 2.75) is 39.3 Å². The zero-order valence-electron chi connectivity index (χ0n) is 10.1. The molecule has 16 heavy (non-hydrogen) atoms. The van der Waals surface area contributed by atoms with Crippen molar-refractivity contribution in [3.63, 3.8) is 0 Å². The van der Waals surface area contributed by atoms with Crippen LogP contribution >= 0.6 is 11.6 Å². The van der Waals surface area contributed by atoms with E-state index < -0.39 is 5.60 Å². The second-order valence-electron chi connectivity index (χ2n) is 4.90. The van der Waals surface area contributed by atoms with Crippen LogP contribution in [0, 0.1) is 5.92 Å². The second-order valence-corrected chi connectivity index (χ2v) is 5.28. The molecule has 0 aliphatic carbocycles.